The van der Waals surface area contributed by atoms with E-state index < -0.39 is 0 Å². The van der Waals surface area contributed by atoms with Gasteiger partial charge in [-0.3, -0.25) is 9.59 Å². The van der Waals surface area contributed by atoms with E-state index in [-0.39, 0.29) is 17.9 Å². The minimum absolute atomic E-state index is 0.0656. The lowest BCUT2D eigenvalue weighted by Crippen LogP contribution is -2.40. The molecule has 23 heavy (non-hydrogen) atoms. The zero-order chi connectivity index (χ0) is 16.2. The Morgan fingerprint density at radius 1 is 1.17 bits per heavy atom. The van der Waals surface area contributed by atoms with E-state index in [0.29, 0.717) is 42.1 Å². The maximum Gasteiger partial charge on any atom is 0.265 e. The van der Waals surface area contributed by atoms with E-state index in [9.17, 15) is 14.7 Å². The summed E-state index contributed by atoms with van der Waals surface area (Å²) in [5.41, 5.74) is 1.15. The monoisotopic (exact) mass is 330 g/mol. The molecule has 2 amide bonds. The zero-order valence-electron chi connectivity index (χ0n) is 12.6. The lowest BCUT2D eigenvalue weighted by Gasteiger charge is -2.29. The molecule has 1 aliphatic heterocycles. The van der Waals surface area contributed by atoms with Crippen LogP contribution in [0.4, 0.5) is 5.69 Å². The van der Waals surface area contributed by atoms with Crippen LogP contribution in [0.5, 0.6) is 0 Å². The number of likely N-dealkylation sites (tertiary alicyclic amines) is 1. The normalized spacial score (nSPS) is 15.4. The fourth-order valence-corrected chi connectivity index (χ4v) is 3.20. The van der Waals surface area contributed by atoms with Crippen molar-refractivity contribution in [3.05, 3.63) is 52.2 Å². The number of aliphatic hydroxyl groups is 1. The van der Waals surface area contributed by atoms with Gasteiger partial charge < -0.3 is 15.3 Å². The predicted octanol–water partition coefficient (Wildman–Crippen LogP) is 2.60. The first-order chi connectivity index (χ1) is 11.1. The SMILES string of the molecule is O=C(Nc1cccc(C(=O)N2CCC(O)CC2)c1)c1cccs1. The second-order valence-corrected chi connectivity index (χ2v) is 6.48. The minimum Gasteiger partial charge on any atom is -0.393 e. The highest BCUT2D eigenvalue weighted by Gasteiger charge is 2.22. The van der Waals surface area contributed by atoms with Crippen LogP contribution < -0.4 is 5.32 Å². The van der Waals surface area contributed by atoms with Crippen molar-refractivity contribution in [1.29, 1.82) is 0 Å². The summed E-state index contributed by atoms with van der Waals surface area (Å²) in [4.78, 5) is 27.0. The summed E-state index contributed by atoms with van der Waals surface area (Å²) in [7, 11) is 0. The molecule has 0 spiro atoms. The number of carbonyl (C=O) groups is 2. The van der Waals surface area contributed by atoms with Crippen LogP contribution in [0.2, 0.25) is 0 Å². The molecule has 1 aromatic carbocycles. The molecule has 2 aromatic rings. The summed E-state index contributed by atoms with van der Waals surface area (Å²) in [5, 5.41) is 14.2. The number of aliphatic hydroxyl groups excluding tert-OH is 1. The Balaban J connectivity index is 1.69. The van der Waals surface area contributed by atoms with Crippen LogP contribution in [0.25, 0.3) is 0 Å². The number of amides is 2. The molecular weight excluding hydrogens is 312 g/mol. The molecule has 120 valence electrons. The topological polar surface area (TPSA) is 69.6 Å². The van der Waals surface area contributed by atoms with Gasteiger partial charge >= 0.3 is 0 Å². The van der Waals surface area contributed by atoms with Crippen LogP contribution in [-0.2, 0) is 0 Å². The Labute approximate surface area is 138 Å². The maximum absolute atomic E-state index is 12.5. The van der Waals surface area contributed by atoms with Gasteiger partial charge in [-0.2, -0.15) is 0 Å². The summed E-state index contributed by atoms with van der Waals surface area (Å²) < 4.78 is 0. The highest BCUT2D eigenvalue weighted by Crippen LogP contribution is 2.18. The van der Waals surface area contributed by atoms with Gasteiger partial charge in [-0.1, -0.05) is 12.1 Å². The predicted molar refractivity (Wildman–Crippen MR) is 89.9 cm³/mol. The Bertz CT molecular complexity index is 692. The van der Waals surface area contributed by atoms with Crippen LogP contribution in [0.3, 0.4) is 0 Å². The number of thiophene rings is 1. The smallest absolute Gasteiger partial charge is 0.265 e. The molecule has 2 heterocycles. The van der Waals surface area contributed by atoms with E-state index in [1.807, 2.05) is 11.4 Å². The lowest BCUT2D eigenvalue weighted by atomic mass is 10.1. The van der Waals surface area contributed by atoms with Gasteiger partial charge in [0.2, 0.25) is 0 Å². The fraction of sp³-hybridized carbons (Fsp3) is 0.294. The van der Waals surface area contributed by atoms with Crippen molar-refractivity contribution in [2.75, 3.05) is 18.4 Å². The van der Waals surface area contributed by atoms with Gasteiger partial charge in [-0.05, 0) is 42.5 Å². The van der Waals surface area contributed by atoms with E-state index in [2.05, 4.69) is 5.32 Å². The summed E-state index contributed by atoms with van der Waals surface area (Å²) in [5.74, 6) is -0.241. The number of carbonyl (C=O) groups excluding carboxylic acids is 2. The number of hydrogen-bond donors (Lipinski definition) is 2. The van der Waals surface area contributed by atoms with Gasteiger partial charge in [0, 0.05) is 24.3 Å². The van der Waals surface area contributed by atoms with Crippen molar-refractivity contribution in [3.63, 3.8) is 0 Å². The molecule has 0 bridgehead atoms. The standard InChI is InChI=1S/C17H18N2O3S/c20-14-6-8-19(9-7-14)17(22)12-3-1-4-13(11-12)18-16(21)15-5-2-10-23-15/h1-5,10-11,14,20H,6-9H2,(H,18,21). The number of nitrogens with one attached hydrogen (secondary N) is 1. The number of rotatable bonds is 3. The van der Waals surface area contributed by atoms with Crippen LogP contribution in [-0.4, -0.2) is 41.0 Å². The molecule has 0 saturated carbocycles. The number of benzene rings is 1. The van der Waals surface area contributed by atoms with E-state index >= 15 is 0 Å². The first-order valence-corrected chi connectivity index (χ1v) is 8.44. The van der Waals surface area contributed by atoms with E-state index in [1.54, 1.807) is 35.2 Å². The fourth-order valence-electron chi connectivity index (χ4n) is 2.58. The van der Waals surface area contributed by atoms with Crippen LogP contribution in [0.15, 0.2) is 41.8 Å². The molecule has 2 N–H and O–H groups in total. The third-order valence-electron chi connectivity index (χ3n) is 3.86. The van der Waals surface area contributed by atoms with Crippen molar-refractivity contribution < 1.29 is 14.7 Å². The molecule has 3 rings (SSSR count). The third-order valence-corrected chi connectivity index (χ3v) is 4.73. The second-order valence-electron chi connectivity index (χ2n) is 5.54. The molecule has 1 fully saturated rings. The van der Waals surface area contributed by atoms with Gasteiger partial charge in [0.05, 0.1) is 11.0 Å². The number of nitrogens with zero attached hydrogens (tertiary/aromatic N) is 1. The van der Waals surface area contributed by atoms with E-state index in [1.165, 1.54) is 11.3 Å². The number of anilines is 1. The Hall–Kier alpha value is -2.18. The molecule has 6 heteroatoms. The van der Waals surface area contributed by atoms with Crippen LogP contribution in [0.1, 0.15) is 32.9 Å². The Morgan fingerprint density at radius 2 is 1.96 bits per heavy atom. The summed E-state index contributed by atoms with van der Waals surface area (Å²) in [6, 6.07) is 10.5. The average Bonchev–Trinajstić information content (AvgIpc) is 3.10. The molecule has 0 aliphatic carbocycles. The molecule has 0 radical (unpaired) electrons. The molecule has 1 aliphatic rings. The Kier molecular flexibility index (Phi) is 4.73. The third kappa shape index (κ3) is 3.78. The molecular formula is C17H18N2O3S. The average molecular weight is 330 g/mol. The van der Waals surface area contributed by atoms with Crippen molar-refractivity contribution in [2.45, 2.75) is 18.9 Å². The van der Waals surface area contributed by atoms with Crippen molar-refractivity contribution in [2.24, 2.45) is 0 Å². The molecule has 0 atom stereocenters. The minimum atomic E-state index is -0.310. The van der Waals surface area contributed by atoms with E-state index in [4.69, 9.17) is 0 Å². The van der Waals surface area contributed by atoms with Crippen molar-refractivity contribution in [3.8, 4) is 0 Å². The highest BCUT2D eigenvalue weighted by molar-refractivity contribution is 7.12. The maximum atomic E-state index is 12.5. The summed E-state index contributed by atoms with van der Waals surface area (Å²) in [6.45, 7) is 1.12. The second kappa shape index (κ2) is 6.93. The van der Waals surface area contributed by atoms with Crippen LogP contribution in [0, 0.1) is 0 Å². The van der Waals surface area contributed by atoms with Crippen molar-refractivity contribution in [1.82, 2.24) is 4.90 Å². The molecule has 1 saturated heterocycles. The first kappa shape index (κ1) is 15.7. The van der Waals surface area contributed by atoms with Gasteiger partial charge in [0.1, 0.15) is 0 Å². The molecule has 1 aromatic heterocycles. The summed E-state index contributed by atoms with van der Waals surface area (Å²) >= 11 is 1.37. The largest absolute Gasteiger partial charge is 0.393 e. The number of hydrogen-bond acceptors (Lipinski definition) is 4. The van der Waals surface area contributed by atoms with E-state index in [0.717, 1.165) is 0 Å². The van der Waals surface area contributed by atoms with Gasteiger partial charge in [0.25, 0.3) is 11.8 Å². The number of piperidine rings is 1. The summed E-state index contributed by atoms with van der Waals surface area (Å²) in [6.07, 6.45) is 0.914. The molecule has 0 unspecified atom stereocenters. The van der Waals surface area contributed by atoms with Gasteiger partial charge in [0.15, 0.2) is 0 Å². The Morgan fingerprint density at radius 3 is 2.65 bits per heavy atom. The van der Waals surface area contributed by atoms with Crippen molar-refractivity contribution >= 4 is 28.8 Å². The molecule has 5 nitrogen and oxygen atoms in total. The lowest BCUT2D eigenvalue weighted by molar-refractivity contribution is 0.0546. The highest BCUT2D eigenvalue weighted by atomic mass is 32.1. The zero-order valence-corrected chi connectivity index (χ0v) is 13.4. The van der Waals surface area contributed by atoms with Crippen LogP contribution >= 0.6 is 11.3 Å². The van der Waals surface area contributed by atoms with Gasteiger partial charge in [-0.15, -0.1) is 11.3 Å². The van der Waals surface area contributed by atoms with Gasteiger partial charge in [-0.25, -0.2) is 0 Å². The quantitative estimate of drug-likeness (QED) is 0.909. The first-order valence-electron chi connectivity index (χ1n) is 7.56.